The first-order valence-electron chi connectivity index (χ1n) is 4.63. The number of aliphatic carboxylic acids is 1. The minimum Gasteiger partial charge on any atom is -0.481 e. The Morgan fingerprint density at radius 2 is 1.94 bits per heavy atom. The summed E-state index contributed by atoms with van der Waals surface area (Å²) in [7, 11) is 1.58. The molecule has 1 atom stereocenters. The van der Waals surface area contributed by atoms with Gasteiger partial charge in [0.1, 0.15) is 0 Å². The zero-order valence-corrected chi connectivity index (χ0v) is 9.19. The van der Waals surface area contributed by atoms with Crippen molar-refractivity contribution in [1.29, 1.82) is 0 Å². The summed E-state index contributed by atoms with van der Waals surface area (Å²) in [5.41, 5.74) is 0. The van der Waals surface area contributed by atoms with Crippen molar-refractivity contribution >= 4 is 17.9 Å². The molecule has 0 spiro atoms. The molecule has 0 saturated carbocycles. The number of carboxylic acid groups (broad SMARTS) is 1. The van der Waals surface area contributed by atoms with Crippen molar-refractivity contribution in [1.82, 2.24) is 5.32 Å². The first-order valence-corrected chi connectivity index (χ1v) is 4.63. The zero-order chi connectivity index (χ0) is 12.6. The average molecular weight is 233 g/mol. The van der Waals surface area contributed by atoms with Crippen LogP contribution in [0.3, 0.4) is 0 Å². The van der Waals surface area contributed by atoms with Gasteiger partial charge < -0.3 is 19.9 Å². The first-order chi connectivity index (χ1) is 7.47. The van der Waals surface area contributed by atoms with Crippen molar-refractivity contribution < 1.29 is 29.0 Å². The number of hydrogen-bond acceptors (Lipinski definition) is 6. The van der Waals surface area contributed by atoms with E-state index in [0.29, 0.717) is 0 Å². The number of nitrogens with one attached hydrogen (secondary N) is 1. The second-order valence-corrected chi connectivity index (χ2v) is 3.07. The highest BCUT2D eigenvalue weighted by Crippen LogP contribution is 2.03. The molecule has 0 aromatic rings. The lowest BCUT2D eigenvalue weighted by atomic mass is 10.1. The number of ether oxygens (including phenoxy) is 2. The number of carbonyl (C=O) groups is 3. The van der Waals surface area contributed by atoms with Gasteiger partial charge >= 0.3 is 17.9 Å². The molecule has 0 saturated heterocycles. The molecule has 0 bridgehead atoms. The molecule has 0 aromatic carbocycles. The van der Waals surface area contributed by atoms with E-state index >= 15 is 0 Å². The number of rotatable bonds is 7. The number of carbonyl (C=O) groups excluding carboxylic acids is 2. The van der Waals surface area contributed by atoms with E-state index in [-0.39, 0.29) is 13.0 Å². The highest BCUT2D eigenvalue weighted by Gasteiger charge is 2.21. The predicted octanol–water partition coefficient (Wildman–Crippen LogP) is -0.640. The summed E-state index contributed by atoms with van der Waals surface area (Å²) >= 11 is 0. The van der Waals surface area contributed by atoms with Gasteiger partial charge in [-0.2, -0.15) is 0 Å². The first kappa shape index (κ1) is 14.4. The lowest BCUT2D eigenvalue weighted by Gasteiger charge is -2.10. The number of esters is 2. The molecule has 0 rings (SSSR count). The van der Waals surface area contributed by atoms with Gasteiger partial charge in [-0.1, -0.05) is 0 Å². The van der Waals surface area contributed by atoms with E-state index in [1.165, 1.54) is 6.92 Å². The van der Waals surface area contributed by atoms with Crippen molar-refractivity contribution in [2.24, 2.45) is 5.92 Å². The van der Waals surface area contributed by atoms with Gasteiger partial charge in [-0.05, 0) is 7.05 Å². The molecule has 0 aliphatic heterocycles. The summed E-state index contributed by atoms with van der Waals surface area (Å²) in [5.74, 6) is -3.23. The third kappa shape index (κ3) is 6.77. The Morgan fingerprint density at radius 3 is 2.38 bits per heavy atom. The van der Waals surface area contributed by atoms with E-state index in [9.17, 15) is 14.4 Å². The molecule has 7 nitrogen and oxygen atoms in total. The molecule has 16 heavy (non-hydrogen) atoms. The van der Waals surface area contributed by atoms with Gasteiger partial charge in [0.25, 0.3) is 0 Å². The SMILES string of the molecule is CNCC(CC(=O)OCOC(C)=O)C(=O)O. The smallest absolute Gasteiger partial charge is 0.309 e. The van der Waals surface area contributed by atoms with Gasteiger partial charge in [0.15, 0.2) is 0 Å². The van der Waals surface area contributed by atoms with E-state index in [1.54, 1.807) is 7.05 Å². The lowest BCUT2D eigenvalue weighted by molar-refractivity contribution is -0.168. The molecule has 0 aliphatic rings. The van der Waals surface area contributed by atoms with Crippen molar-refractivity contribution in [3.8, 4) is 0 Å². The third-order valence-electron chi connectivity index (χ3n) is 1.69. The Balaban J connectivity index is 3.90. The molecule has 0 fully saturated rings. The Morgan fingerprint density at radius 1 is 1.31 bits per heavy atom. The fourth-order valence-electron chi connectivity index (χ4n) is 0.931. The Bertz CT molecular complexity index is 265. The second kappa shape index (κ2) is 7.63. The lowest BCUT2D eigenvalue weighted by Crippen LogP contribution is -2.29. The van der Waals surface area contributed by atoms with Crippen LogP contribution in [0.2, 0.25) is 0 Å². The maximum atomic E-state index is 11.1. The molecule has 7 heteroatoms. The van der Waals surface area contributed by atoms with E-state index in [0.717, 1.165) is 0 Å². The van der Waals surface area contributed by atoms with Crippen molar-refractivity contribution in [3.63, 3.8) is 0 Å². The summed E-state index contributed by atoms with van der Waals surface area (Å²) in [6, 6.07) is 0. The second-order valence-electron chi connectivity index (χ2n) is 3.07. The standard InChI is InChI=1S/C9H15NO6/c1-6(11)15-5-16-8(12)3-7(4-10-2)9(13)14/h7,10H,3-5H2,1-2H3,(H,13,14). The molecule has 1 unspecified atom stereocenters. The quantitative estimate of drug-likeness (QED) is 0.445. The van der Waals surface area contributed by atoms with E-state index in [4.69, 9.17) is 5.11 Å². The minimum absolute atomic E-state index is 0.165. The van der Waals surface area contributed by atoms with E-state index in [1.807, 2.05) is 0 Å². The zero-order valence-electron chi connectivity index (χ0n) is 9.19. The van der Waals surface area contributed by atoms with Crippen LogP contribution in [-0.2, 0) is 23.9 Å². The van der Waals surface area contributed by atoms with Gasteiger partial charge in [0.05, 0.1) is 12.3 Å². The summed E-state index contributed by atoms with van der Waals surface area (Å²) in [4.78, 5) is 32.1. The van der Waals surface area contributed by atoms with Crippen molar-refractivity contribution in [3.05, 3.63) is 0 Å². The Hall–Kier alpha value is -1.63. The molecule has 0 radical (unpaired) electrons. The largest absolute Gasteiger partial charge is 0.481 e. The van der Waals surface area contributed by atoms with Gasteiger partial charge in [-0.3, -0.25) is 14.4 Å². The van der Waals surface area contributed by atoms with Crippen molar-refractivity contribution in [2.45, 2.75) is 13.3 Å². The van der Waals surface area contributed by atoms with Crippen LogP contribution in [0, 0.1) is 5.92 Å². The number of hydrogen-bond donors (Lipinski definition) is 2. The maximum Gasteiger partial charge on any atom is 0.309 e. The predicted molar refractivity (Wildman–Crippen MR) is 52.4 cm³/mol. The fourth-order valence-corrected chi connectivity index (χ4v) is 0.931. The Labute approximate surface area is 92.7 Å². The van der Waals surface area contributed by atoms with Gasteiger partial charge in [0.2, 0.25) is 6.79 Å². The molecule has 0 aliphatic carbocycles. The normalized spacial score (nSPS) is 11.6. The summed E-state index contributed by atoms with van der Waals surface area (Å²) in [5, 5.41) is 11.4. The Kier molecular flexibility index (Phi) is 6.86. The maximum absolute atomic E-state index is 11.1. The van der Waals surface area contributed by atoms with Gasteiger partial charge in [-0.15, -0.1) is 0 Å². The van der Waals surface area contributed by atoms with Gasteiger partial charge in [0, 0.05) is 13.5 Å². The van der Waals surface area contributed by atoms with Crippen LogP contribution < -0.4 is 5.32 Å². The summed E-state index contributed by atoms with van der Waals surface area (Å²) in [6.07, 6.45) is -0.266. The molecule has 0 heterocycles. The van der Waals surface area contributed by atoms with Crippen LogP contribution >= 0.6 is 0 Å². The van der Waals surface area contributed by atoms with E-state index in [2.05, 4.69) is 14.8 Å². The summed E-state index contributed by atoms with van der Waals surface area (Å²) in [6.45, 7) is 0.854. The van der Waals surface area contributed by atoms with Crippen LogP contribution in [0.25, 0.3) is 0 Å². The molecule has 2 N–H and O–H groups in total. The minimum atomic E-state index is -1.08. The molecule has 92 valence electrons. The van der Waals surface area contributed by atoms with Crippen LogP contribution in [0.5, 0.6) is 0 Å². The van der Waals surface area contributed by atoms with Crippen LogP contribution in [0.15, 0.2) is 0 Å². The highest BCUT2D eigenvalue weighted by molar-refractivity contribution is 5.79. The molecular formula is C9H15NO6. The third-order valence-corrected chi connectivity index (χ3v) is 1.69. The average Bonchev–Trinajstić information content (AvgIpc) is 2.16. The van der Waals surface area contributed by atoms with Crippen LogP contribution in [-0.4, -0.2) is 43.4 Å². The molecular weight excluding hydrogens is 218 g/mol. The van der Waals surface area contributed by atoms with Crippen LogP contribution in [0.1, 0.15) is 13.3 Å². The molecule has 0 amide bonds. The number of carboxylic acids is 1. The molecule has 0 aromatic heterocycles. The highest BCUT2D eigenvalue weighted by atomic mass is 16.7. The van der Waals surface area contributed by atoms with Crippen LogP contribution in [0.4, 0.5) is 0 Å². The van der Waals surface area contributed by atoms with E-state index < -0.39 is 30.6 Å². The van der Waals surface area contributed by atoms with Gasteiger partial charge in [-0.25, -0.2) is 0 Å². The topological polar surface area (TPSA) is 102 Å². The summed E-state index contributed by atoms with van der Waals surface area (Å²) < 4.78 is 8.88. The van der Waals surface area contributed by atoms with Crippen molar-refractivity contribution in [2.75, 3.05) is 20.4 Å². The fraction of sp³-hybridized carbons (Fsp3) is 0.667. The monoisotopic (exact) mass is 233 g/mol.